The van der Waals surface area contributed by atoms with Crippen LogP contribution < -0.4 is 16.0 Å². The maximum atomic E-state index is 12.4. The monoisotopic (exact) mass is 395 g/mol. The second-order valence-electron chi connectivity index (χ2n) is 7.00. The van der Waals surface area contributed by atoms with Gasteiger partial charge < -0.3 is 20.7 Å². The number of urea groups is 1. The molecule has 0 saturated heterocycles. The molecule has 152 valence electrons. The number of carbonyl (C=O) groups excluding carboxylic acids is 3. The smallest absolute Gasteiger partial charge is 0.339 e. The van der Waals surface area contributed by atoms with Gasteiger partial charge in [0.05, 0.1) is 18.4 Å². The van der Waals surface area contributed by atoms with Gasteiger partial charge in [-0.25, -0.2) is 9.59 Å². The molecule has 3 amide bonds. The molecule has 7 heteroatoms. The van der Waals surface area contributed by atoms with Crippen LogP contribution in [0.5, 0.6) is 0 Å². The summed E-state index contributed by atoms with van der Waals surface area (Å²) in [7, 11) is 1.28. The number of para-hydroxylation sites is 1. The Morgan fingerprint density at radius 2 is 1.59 bits per heavy atom. The van der Waals surface area contributed by atoms with E-state index in [0.717, 1.165) is 25.7 Å². The fourth-order valence-corrected chi connectivity index (χ4v) is 3.39. The van der Waals surface area contributed by atoms with Crippen molar-refractivity contribution in [3.05, 3.63) is 59.7 Å². The second-order valence-corrected chi connectivity index (χ2v) is 7.00. The summed E-state index contributed by atoms with van der Waals surface area (Å²) in [5.41, 5.74) is 1.70. The van der Waals surface area contributed by atoms with E-state index in [-0.39, 0.29) is 17.5 Å². The Morgan fingerprint density at radius 3 is 2.28 bits per heavy atom. The first kappa shape index (κ1) is 20.4. The molecule has 1 aliphatic rings. The highest BCUT2D eigenvalue weighted by Gasteiger charge is 2.17. The molecule has 1 saturated carbocycles. The predicted octanol–water partition coefficient (Wildman–Crippen LogP) is 4.18. The van der Waals surface area contributed by atoms with Crippen molar-refractivity contribution in [2.75, 3.05) is 17.7 Å². The molecule has 0 spiro atoms. The average molecular weight is 395 g/mol. The highest BCUT2D eigenvalue weighted by atomic mass is 16.5. The number of hydrogen-bond donors (Lipinski definition) is 3. The van der Waals surface area contributed by atoms with Crippen LogP contribution in [0.2, 0.25) is 0 Å². The van der Waals surface area contributed by atoms with E-state index in [0.29, 0.717) is 16.9 Å². The lowest BCUT2D eigenvalue weighted by molar-refractivity contribution is 0.0601. The van der Waals surface area contributed by atoms with Gasteiger partial charge in [-0.2, -0.15) is 0 Å². The Balaban J connectivity index is 1.57. The van der Waals surface area contributed by atoms with Crippen LogP contribution >= 0.6 is 0 Å². The molecule has 2 aromatic rings. The van der Waals surface area contributed by atoms with E-state index < -0.39 is 12.0 Å². The first-order valence-corrected chi connectivity index (χ1v) is 9.73. The van der Waals surface area contributed by atoms with E-state index in [1.54, 1.807) is 48.5 Å². The predicted molar refractivity (Wildman–Crippen MR) is 111 cm³/mol. The maximum Gasteiger partial charge on any atom is 0.339 e. The van der Waals surface area contributed by atoms with Gasteiger partial charge in [0.1, 0.15) is 0 Å². The third kappa shape index (κ3) is 5.57. The highest BCUT2D eigenvalue weighted by molar-refractivity contribution is 6.05. The molecule has 0 atom stereocenters. The number of nitrogens with one attached hydrogen (secondary N) is 3. The standard InChI is InChI=1S/C22H25N3O4/c1-29-21(27)18-9-5-6-10-19(18)25-22(28)24-17-13-11-15(12-14-17)20(26)23-16-7-3-2-4-8-16/h5-6,9-14,16H,2-4,7-8H2,1H3,(H,23,26)(H2,24,25,28). The van der Waals surface area contributed by atoms with Crippen molar-refractivity contribution in [2.45, 2.75) is 38.1 Å². The van der Waals surface area contributed by atoms with Crippen LogP contribution in [0.3, 0.4) is 0 Å². The number of carbonyl (C=O) groups is 3. The summed E-state index contributed by atoms with van der Waals surface area (Å²) in [5, 5.41) is 8.39. The molecule has 0 heterocycles. The fraction of sp³-hybridized carbons (Fsp3) is 0.318. The Labute approximate surface area is 169 Å². The minimum Gasteiger partial charge on any atom is -0.465 e. The molecule has 2 aromatic carbocycles. The normalized spacial score (nSPS) is 14.0. The van der Waals surface area contributed by atoms with Crippen LogP contribution in [0.25, 0.3) is 0 Å². The van der Waals surface area contributed by atoms with Crippen LogP contribution in [0, 0.1) is 0 Å². The zero-order chi connectivity index (χ0) is 20.6. The number of esters is 1. The summed E-state index contributed by atoms with van der Waals surface area (Å²) in [6, 6.07) is 13.0. The van der Waals surface area contributed by atoms with Crippen molar-refractivity contribution >= 4 is 29.3 Å². The van der Waals surface area contributed by atoms with Crippen LogP contribution in [0.4, 0.5) is 16.2 Å². The second kappa shape index (κ2) is 9.73. The van der Waals surface area contributed by atoms with Crippen LogP contribution in [0.1, 0.15) is 52.8 Å². The zero-order valence-electron chi connectivity index (χ0n) is 16.4. The number of methoxy groups -OCH3 is 1. The molecular weight excluding hydrogens is 370 g/mol. The van der Waals surface area contributed by atoms with Crippen molar-refractivity contribution in [2.24, 2.45) is 0 Å². The lowest BCUT2D eigenvalue weighted by Crippen LogP contribution is -2.36. The number of hydrogen-bond acceptors (Lipinski definition) is 4. The minimum atomic E-state index is -0.533. The van der Waals surface area contributed by atoms with E-state index in [1.807, 2.05) is 0 Å². The Kier molecular flexibility index (Phi) is 6.84. The first-order valence-electron chi connectivity index (χ1n) is 9.73. The highest BCUT2D eigenvalue weighted by Crippen LogP contribution is 2.19. The summed E-state index contributed by atoms with van der Waals surface area (Å²) in [4.78, 5) is 36.4. The molecule has 0 aromatic heterocycles. The van der Waals surface area contributed by atoms with Gasteiger partial charge in [0.25, 0.3) is 5.91 Å². The Hall–Kier alpha value is -3.35. The van der Waals surface area contributed by atoms with Gasteiger partial charge in [-0.05, 0) is 49.2 Å². The lowest BCUT2D eigenvalue weighted by atomic mass is 9.95. The number of rotatable bonds is 5. The van der Waals surface area contributed by atoms with Crippen LogP contribution in [-0.4, -0.2) is 31.1 Å². The molecule has 29 heavy (non-hydrogen) atoms. The summed E-state index contributed by atoms with van der Waals surface area (Å²) >= 11 is 0. The largest absolute Gasteiger partial charge is 0.465 e. The minimum absolute atomic E-state index is 0.0973. The van der Waals surface area contributed by atoms with Crippen molar-refractivity contribution in [1.29, 1.82) is 0 Å². The molecule has 0 unspecified atom stereocenters. The van der Waals surface area contributed by atoms with Gasteiger partial charge >= 0.3 is 12.0 Å². The fourth-order valence-electron chi connectivity index (χ4n) is 3.39. The third-order valence-corrected chi connectivity index (χ3v) is 4.93. The number of amides is 3. The molecule has 1 aliphatic carbocycles. The zero-order valence-corrected chi connectivity index (χ0v) is 16.4. The molecule has 1 fully saturated rings. The van der Waals surface area contributed by atoms with E-state index >= 15 is 0 Å². The number of anilines is 2. The van der Waals surface area contributed by atoms with Crippen molar-refractivity contribution in [1.82, 2.24) is 5.32 Å². The summed E-state index contributed by atoms with van der Waals surface area (Å²) in [5.74, 6) is -0.630. The molecule has 0 radical (unpaired) electrons. The summed E-state index contributed by atoms with van der Waals surface area (Å²) in [6.07, 6.45) is 5.60. The number of ether oxygens (including phenoxy) is 1. The van der Waals surface area contributed by atoms with Crippen molar-refractivity contribution < 1.29 is 19.1 Å². The Morgan fingerprint density at radius 1 is 0.897 bits per heavy atom. The summed E-state index contributed by atoms with van der Waals surface area (Å²) < 4.78 is 4.72. The van der Waals surface area contributed by atoms with Gasteiger partial charge in [0.15, 0.2) is 0 Å². The van der Waals surface area contributed by atoms with E-state index in [1.165, 1.54) is 13.5 Å². The van der Waals surface area contributed by atoms with Crippen LogP contribution in [-0.2, 0) is 4.74 Å². The van der Waals surface area contributed by atoms with Gasteiger partial charge in [0, 0.05) is 17.3 Å². The molecule has 3 N–H and O–H groups in total. The third-order valence-electron chi connectivity index (χ3n) is 4.93. The van der Waals surface area contributed by atoms with E-state index in [4.69, 9.17) is 4.74 Å². The molecular formula is C22H25N3O4. The summed E-state index contributed by atoms with van der Waals surface area (Å²) in [6.45, 7) is 0. The first-order chi connectivity index (χ1) is 14.1. The van der Waals surface area contributed by atoms with E-state index in [2.05, 4.69) is 16.0 Å². The SMILES string of the molecule is COC(=O)c1ccccc1NC(=O)Nc1ccc(C(=O)NC2CCCCC2)cc1. The molecule has 0 bridgehead atoms. The van der Waals surface area contributed by atoms with Crippen LogP contribution in [0.15, 0.2) is 48.5 Å². The van der Waals surface area contributed by atoms with E-state index in [9.17, 15) is 14.4 Å². The topological polar surface area (TPSA) is 96.5 Å². The van der Waals surface area contributed by atoms with Gasteiger partial charge in [-0.1, -0.05) is 31.4 Å². The Bertz CT molecular complexity index is 874. The van der Waals surface area contributed by atoms with Crippen molar-refractivity contribution in [3.63, 3.8) is 0 Å². The number of benzene rings is 2. The molecule has 7 nitrogen and oxygen atoms in total. The average Bonchev–Trinajstić information content (AvgIpc) is 2.74. The lowest BCUT2D eigenvalue weighted by Gasteiger charge is -2.22. The quantitative estimate of drug-likeness (QED) is 0.662. The molecule has 3 rings (SSSR count). The van der Waals surface area contributed by atoms with Gasteiger partial charge in [-0.15, -0.1) is 0 Å². The maximum absolute atomic E-state index is 12.4. The van der Waals surface area contributed by atoms with Gasteiger partial charge in [0.2, 0.25) is 0 Å². The van der Waals surface area contributed by atoms with Crippen molar-refractivity contribution in [3.8, 4) is 0 Å². The molecule has 0 aliphatic heterocycles. The van der Waals surface area contributed by atoms with Gasteiger partial charge in [-0.3, -0.25) is 4.79 Å².